The van der Waals surface area contributed by atoms with Crippen molar-refractivity contribution in [1.82, 2.24) is 10.9 Å². The van der Waals surface area contributed by atoms with Crippen LogP contribution in [0.25, 0.3) is 0 Å². The molecule has 0 aliphatic carbocycles. The summed E-state index contributed by atoms with van der Waals surface area (Å²) >= 11 is 0. The van der Waals surface area contributed by atoms with Crippen LogP contribution in [0, 0.1) is 0 Å². The number of hydrogen-bond acceptors (Lipinski definition) is 2. The van der Waals surface area contributed by atoms with Gasteiger partial charge in [0, 0.05) is 6.54 Å². The van der Waals surface area contributed by atoms with Gasteiger partial charge in [0.1, 0.15) is 0 Å². The summed E-state index contributed by atoms with van der Waals surface area (Å²) in [6, 6.07) is 0. The lowest BCUT2D eigenvalue weighted by Crippen LogP contribution is -2.13. The van der Waals surface area contributed by atoms with Gasteiger partial charge in [0.25, 0.3) is 0 Å². The molecule has 0 bridgehead atoms. The van der Waals surface area contributed by atoms with Gasteiger partial charge in [-0.25, -0.2) is 0 Å². The maximum Gasteiger partial charge on any atom is 0.0271 e. The summed E-state index contributed by atoms with van der Waals surface area (Å²) in [4.78, 5) is 0. The van der Waals surface area contributed by atoms with Crippen molar-refractivity contribution >= 4 is 0 Å². The van der Waals surface area contributed by atoms with E-state index < -0.39 is 0 Å². The van der Waals surface area contributed by atoms with Gasteiger partial charge in [-0.15, -0.1) is 4.48 Å². The van der Waals surface area contributed by atoms with Crippen LogP contribution >= 0.6 is 0 Å². The van der Waals surface area contributed by atoms with Gasteiger partial charge in [-0.05, 0) is 20.0 Å². The van der Waals surface area contributed by atoms with Crippen molar-refractivity contribution in [3.05, 3.63) is 0 Å². The molecule has 0 spiro atoms. The summed E-state index contributed by atoms with van der Waals surface area (Å²) in [6.45, 7) is 1.32. The summed E-state index contributed by atoms with van der Waals surface area (Å²) in [5.41, 5.74) is 1.56. The van der Waals surface area contributed by atoms with E-state index in [1.54, 1.807) is 5.54 Å². The third-order valence-electron chi connectivity index (χ3n) is 0.698. The minimum Gasteiger partial charge on any atom is -0.320 e. The van der Waals surface area contributed by atoms with Gasteiger partial charge >= 0.3 is 0 Å². The molecule has 0 aromatic rings. The Hall–Kier alpha value is -0.150. The molecule has 0 amide bonds. The van der Waals surface area contributed by atoms with Crippen LogP contribution in [-0.4, -0.2) is 20.1 Å². The fourth-order valence-corrected chi connectivity index (χ4v) is 0.332. The fourth-order valence-electron chi connectivity index (χ4n) is 0.332. The Morgan fingerprint density at radius 3 is 2.57 bits per heavy atom. The maximum absolute atomic E-state index is 11.0. The third kappa shape index (κ3) is 5.85. The number of hydrogen-bond donors (Lipinski definition) is 2. The molecule has 0 aromatic carbocycles. The largest absolute Gasteiger partial charge is 0.320 e. The zero-order chi connectivity index (χ0) is 5.54. The smallest absolute Gasteiger partial charge is 0.0271 e. The summed E-state index contributed by atoms with van der Waals surface area (Å²) in [7, 11) is 1.85. The number of halogens is 1. The van der Waals surface area contributed by atoms with E-state index >= 15 is 0 Å². The van der Waals surface area contributed by atoms with Crippen LogP contribution in [0.15, 0.2) is 0 Å². The topological polar surface area (TPSA) is 24.1 Å². The molecular weight excluding hydrogens is 95.1 g/mol. The van der Waals surface area contributed by atoms with Gasteiger partial charge in [0.15, 0.2) is 0 Å². The molecule has 0 heterocycles. The molecule has 0 aliphatic heterocycles. The molecule has 2 N–H and O–H groups in total. The van der Waals surface area contributed by atoms with Crippen LogP contribution in [0.2, 0.25) is 0 Å². The third-order valence-corrected chi connectivity index (χ3v) is 0.698. The van der Waals surface area contributed by atoms with E-state index in [9.17, 15) is 4.48 Å². The quantitative estimate of drug-likeness (QED) is 0.391. The Morgan fingerprint density at radius 1 is 1.43 bits per heavy atom. The highest BCUT2D eigenvalue weighted by molar-refractivity contribution is 4.39. The lowest BCUT2D eigenvalue weighted by molar-refractivity contribution is 0.331. The average molecular weight is 106 g/mol. The SMILES string of the molecule is CNCCCNF. The molecule has 0 aromatic heterocycles. The standard InChI is InChI=1S/C4H11FN2/c1-6-3-2-4-7-5/h6-7H,2-4H2,1H3. The van der Waals surface area contributed by atoms with Gasteiger partial charge < -0.3 is 5.32 Å². The Balaban J connectivity index is 2.45. The molecular formula is C4H11FN2. The van der Waals surface area contributed by atoms with E-state index in [-0.39, 0.29) is 0 Å². The first-order valence-corrected chi connectivity index (χ1v) is 2.40. The average Bonchev–Trinajstić information content (AvgIpc) is 1.69. The van der Waals surface area contributed by atoms with E-state index in [4.69, 9.17) is 0 Å². The second kappa shape index (κ2) is 5.85. The van der Waals surface area contributed by atoms with E-state index in [0.717, 1.165) is 13.0 Å². The first kappa shape index (κ1) is 6.85. The molecule has 7 heavy (non-hydrogen) atoms. The minimum absolute atomic E-state index is 0.445. The van der Waals surface area contributed by atoms with E-state index in [2.05, 4.69) is 5.32 Å². The lowest BCUT2D eigenvalue weighted by atomic mass is 10.4. The van der Waals surface area contributed by atoms with Crippen LogP contribution in [0.1, 0.15) is 6.42 Å². The number of rotatable bonds is 4. The van der Waals surface area contributed by atoms with Crippen molar-refractivity contribution < 1.29 is 4.48 Å². The normalized spacial score (nSPS) is 9.43. The monoisotopic (exact) mass is 106 g/mol. The molecule has 0 aliphatic rings. The molecule has 0 saturated heterocycles. The highest BCUT2D eigenvalue weighted by atomic mass is 19.2. The Kier molecular flexibility index (Phi) is 5.72. The fraction of sp³-hybridized carbons (Fsp3) is 1.00. The summed E-state index contributed by atoms with van der Waals surface area (Å²) in [5.74, 6) is 0. The van der Waals surface area contributed by atoms with Gasteiger partial charge in [-0.2, -0.15) is 5.54 Å². The summed E-state index contributed by atoms with van der Waals surface area (Å²) in [5, 5.41) is 2.90. The van der Waals surface area contributed by atoms with Crippen molar-refractivity contribution in [3.63, 3.8) is 0 Å². The van der Waals surface area contributed by atoms with E-state index in [1.165, 1.54) is 0 Å². The van der Waals surface area contributed by atoms with Crippen LogP contribution in [-0.2, 0) is 0 Å². The van der Waals surface area contributed by atoms with Gasteiger partial charge in [-0.1, -0.05) is 0 Å². The van der Waals surface area contributed by atoms with Gasteiger partial charge in [0.2, 0.25) is 0 Å². The molecule has 3 heteroatoms. The van der Waals surface area contributed by atoms with E-state index in [1.807, 2.05) is 7.05 Å². The highest BCUT2D eigenvalue weighted by Crippen LogP contribution is 1.68. The van der Waals surface area contributed by atoms with Crippen molar-refractivity contribution in [2.24, 2.45) is 0 Å². The predicted octanol–water partition coefficient (Wildman–Crippen LogP) is 0.0700. The van der Waals surface area contributed by atoms with Crippen molar-refractivity contribution in [1.29, 1.82) is 0 Å². The summed E-state index contributed by atoms with van der Waals surface area (Å²) < 4.78 is 11.0. The second-order valence-corrected chi connectivity index (χ2v) is 1.34. The first-order chi connectivity index (χ1) is 3.41. The van der Waals surface area contributed by atoms with Crippen molar-refractivity contribution in [3.8, 4) is 0 Å². The maximum atomic E-state index is 11.0. The van der Waals surface area contributed by atoms with Crippen LogP contribution in [0.5, 0.6) is 0 Å². The van der Waals surface area contributed by atoms with Crippen LogP contribution in [0.3, 0.4) is 0 Å². The van der Waals surface area contributed by atoms with Crippen molar-refractivity contribution in [2.75, 3.05) is 20.1 Å². The Labute approximate surface area is 43.0 Å². The first-order valence-electron chi connectivity index (χ1n) is 2.40. The Morgan fingerprint density at radius 2 is 2.14 bits per heavy atom. The highest BCUT2D eigenvalue weighted by Gasteiger charge is 1.79. The predicted molar refractivity (Wildman–Crippen MR) is 27.7 cm³/mol. The molecule has 0 saturated carbocycles. The Bertz CT molecular complexity index is 28.9. The lowest BCUT2D eigenvalue weighted by Gasteiger charge is -1.92. The van der Waals surface area contributed by atoms with Crippen molar-refractivity contribution in [2.45, 2.75) is 6.42 Å². The molecule has 0 atom stereocenters. The minimum atomic E-state index is 0.445. The molecule has 0 fully saturated rings. The molecule has 0 unspecified atom stereocenters. The zero-order valence-corrected chi connectivity index (χ0v) is 4.50. The zero-order valence-electron chi connectivity index (χ0n) is 4.50. The summed E-state index contributed by atoms with van der Waals surface area (Å²) in [6.07, 6.45) is 0.840. The number of nitrogens with one attached hydrogen (secondary N) is 2. The van der Waals surface area contributed by atoms with Crippen LogP contribution in [0.4, 0.5) is 4.48 Å². The molecule has 0 radical (unpaired) electrons. The van der Waals surface area contributed by atoms with Gasteiger partial charge in [0.05, 0.1) is 0 Å². The molecule has 2 nitrogen and oxygen atoms in total. The molecule has 0 rings (SSSR count). The van der Waals surface area contributed by atoms with Gasteiger partial charge in [-0.3, -0.25) is 0 Å². The van der Waals surface area contributed by atoms with Crippen LogP contribution < -0.4 is 10.9 Å². The molecule has 44 valence electrons. The second-order valence-electron chi connectivity index (χ2n) is 1.34. The van der Waals surface area contributed by atoms with E-state index in [0.29, 0.717) is 6.54 Å².